The van der Waals surface area contributed by atoms with E-state index in [1.165, 1.54) is 5.56 Å². The smallest absolute Gasteiger partial charge is 0.141 e. The highest BCUT2D eigenvalue weighted by atomic mass is 16.5. The van der Waals surface area contributed by atoms with Crippen LogP contribution in [0.25, 0.3) is 0 Å². The first-order valence-corrected chi connectivity index (χ1v) is 6.12. The highest BCUT2D eigenvalue weighted by molar-refractivity contribution is 5.80. The Morgan fingerprint density at radius 2 is 2.22 bits per heavy atom. The lowest BCUT2D eigenvalue weighted by Gasteiger charge is -2.32. The van der Waals surface area contributed by atoms with Crippen LogP contribution in [0.1, 0.15) is 12.0 Å². The Morgan fingerprint density at radius 3 is 2.94 bits per heavy atom. The zero-order valence-corrected chi connectivity index (χ0v) is 10.3. The van der Waals surface area contributed by atoms with Crippen molar-refractivity contribution in [2.45, 2.75) is 19.1 Å². The zero-order chi connectivity index (χ0) is 12.8. The van der Waals surface area contributed by atoms with Crippen LogP contribution in [0, 0.1) is 0 Å². The number of rotatable bonds is 4. The summed E-state index contributed by atoms with van der Waals surface area (Å²) in [5.74, 6) is 0.224. The van der Waals surface area contributed by atoms with E-state index in [0.29, 0.717) is 13.0 Å². The fraction of sp³-hybridized carbons (Fsp3) is 0.462. The van der Waals surface area contributed by atoms with E-state index in [4.69, 9.17) is 15.7 Å². The highest BCUT2D eigenvalue weighted by Crippen LogP contribution is 2.12. The molecule has 1 aliphatic heterocycles. The number of hydrogen-bond donors (Lipinski definition) is 2. The quantitative estimate of drug-likeness (QED) is 0.362. The first kappa shape index (κ1) is 12.9. The largest absolute Gasteiger partial charge is 0.409 e. The van der Waals surface area contributed by atoms with E-state index in [-0.39, 0.29) is 11.9 Å². The van der Waals surface area contributed by atoms with Crippen LogP contribution in [0.5, 0.6) is 0 Å². The van der Waals surface area contributed by atoms with Gasteiger partial charge in [-0.25, -0.2) is 0 Å². The number of nitrogens with two attached hydrogens (primary N) is 1. The zero-order valence-electron chi connectivity index (χ0n) is 10.3. The summed E-state index contributed by atoms with van der Waals surface area (Å²) in [4.78, 5) is 2.33. The first-order chi connectivity index (χ1) is 8.78. The third-order valence-electron chi connectivity index (χ3n) is 3.04. The number of morpholine rings is 1. The van der Waals surface area contributed by atoms with E-state index in [9.17, 15) is 0 Å². The number of benzene rings is 1. The first-order valence-electron chi connectivity index (χ1n) is 6.12. The molecule has 0 spiro atoms. The van der Waals surface area contributed by atoms with Gasteiger partial charge in [-0.05, 0) is 5.56 Å². The van der Waals surface area contributed by atoms with Gasteiger partial charge in [-0.3, -0.25) is 4.90 Å². The molecule has 18 heavy (non-hydrogen) atoms. The van der Waals surface area contributed by atoms with Crippen LogP contribution in [-0.2, 0) is 11.3 Å². The maximum absolute atomic E-state index is 8.56. The Balaban J connectivity index is 1.87. The molecule has 1 heterocycles. The third kappa shape index (κ3) is 3.72. The van der Waals surface area contributed by atoms with E-state index in [0.717, 1.165) is 19.6 Å². The van der Waals surface area contributed by atoms with Gasteiger partial charge in [0.2, 0.25) is 0 Å². The molecule has 3 N–H and O–H groups in total. The van der Waals surface area contributed by atoms with Crippen molar-refractivity contribution in [2.24, 2.45) is 10.9 Å². The summed E-state index contributed by atoms with van der Waals surface area (Å²) in [5, 5.41) is 11.5. The van der Waals surface area contributed by atoms with Gasteiger partial charge in [0.15, 0.2) is 0 Å². The van der Waals surface area contributed by atoms with Crippen molar-refractivity contribution in [1.82, 2.24) is 4.90 Å². The van der Waals surface area contributed by atoms with Crippen LogP contribution in [0.4, 0.5) is 0 Å². The molecular formula is C13H19N3O2. The molecule has 0 amide bonds. The Kier molecular flexibility index (Phi) is 4.55. The van der Waals surface area contributed by atoms with E-state index in [2.05, 4.69) is 22.2 Å². The number of ether oxygens (including phenoxy) is 1. The fourth-order valence-electron chi connectivity index (χ4n) is 2.16. The molecule has 2 rings (SSSR count). The average Bonchev–Trinajstić information content (AvgIpc) is 2.40. The lowest BCUT2D eigenvalue weighted by Crippen LogP contribution is -2.43. The molecule has 0 radical (unpaired) electrons. The maximum Gasteiger partial charge on any atom is 0.141 e. The van der Waals surface area contributed by atoms with Gasteiger partial charge in [0.25, 0.3) is 0 Å². The third-order valence-corrected chi connectivity index (χ3v) is 3.04. The van der Waals surface area contributed by atoms with E-state index in [1.54, 1.807) is 0 Å². The van der Waals surface area contributed by atoms with Gasteiger partial charge in [-0.2, -0.15) is 0 Å². The Morgan fingerprint density at radius 1 is 1.44 bits per heavy atom. The molecule has 0 aromatic heterocycles. The molecule has 1 unspecified atom stereocenters. The summed E-state index contributed by atoms with van der Waals surface area (Å²) in [6, 6.07) is 10.3. The van der Waals surface area contributed by atoms with E-state index < -0.39 is 0 Å². The average molecular weight is 249 g/mol. The van der Waals surface area contributed by atoms with Crippen molar-refractivity contribution < 1.29 is 9.94 Å². The maximum atomic E-state index is 8.56. The number of hydrogen-bond acceptors (Lipinski definition) is 4. The van der Waals surface area contributed by atoms with Gasteiger partial charge in [-0.1, -0.05) is 35.5 Å². The van der Waals surface area contributed by atoms with E-state index >= 15 is 0 Å². The van der Waals surface area contributed by atoms with Crippen molar-refractivity contribution in [3.63, 3.8) is 0 Å². The molecule has 1 aromatic rings. The number of oxime groups is 1. The Labute approximate surface area is 107 Å². The second-order valence-electron chi connectivity index (χ2n) is 4.51. The number of nitrogens with zero attached hydrogens (tertiary/aromatic N) is 2. The van der Waals surface area contributed by atoms with Gasteiger partial charge in [-0.15, -0.1) is 0 Å². The molecule has 0 saturated carbocycles. The summed E-state index contributed by atoms with van der Waals surface area (Å²) in [6.07, 6.45) is 0.486. The van der Waals surface area contributed by atoms with Crippen LogP contribution in [0.15, 0.2) is 35.5 Å². The molecule has 1 aromatic carbocycles. The van der Waals surface area contributed by atoms with Crippen molar-refractivity contribution in [1.29, 1.82) is 0 Å². The van der Waals surface area contributed by atoms with Crippen molar-refractivity contribution >= 4 is 5.84 Å². The molecule has 1 saturated heterocycles. The second kappa shape index (κ2) is 6.37. The highest BCUT2D eigenvalue weighted by Gasteiger charge is 2.21. The molecular weight excluding hydrogens is 230 g/mol. The fourth-order valence-corrected chi connectivity index (χ4v) is 2.16. The SMILES string of the molecule is NC(CC1CN(Cc2ccccc2)CCO1)=NO. The molecule has 1 aliphatic rings. The summed E-state index contributed by atoms with van der Waals surface area (Å²) >= 11 is 0. The monoisotopic (exact) mass is 249 g/mol. The molecule has 0 aliphatic carbocycles. The molecule has 5 heteroatoms. The molecule has 98 valence electrons. The molecule has 0 bridgehead atoms. The normalized spacial score (nSPS) is 22.0. The van der Waals surface area contributed by atoms with Crippen LogP contribution < -0.4 is 5.73 Å². The van der Waals surface area contributed by atoms with Crippen LogP contribution >= 0.6 is 0 Å². The Bertz CT molecular complexity index is 394. The Hall–Kier alpha value is -1.59. The summed E-state index contributed by atoms with van der Waals surface area (Å²) in [5.41, 5.74) is 6.80. The minimum absolute atomic E-state index is 0.0124. The lowest BCUT2D eigenvalue weighted by molar-refractivity contribution is -0.0274. The molecule has 1 atom stereocenters. The van der Waals surface area contributed by atoms with Gasteiger partial charge >= 0.3 is 0 Å². The van der Waals surface area contributed by atoms with Gasteiger partial charge < -0.3 is 15.7 Å². The summed E-state index contributed by atoms with van der Waals surface area (Å²) in [6.45, 7) is 3.33. The topological polar surface area (TPSA) is 71.1 Å². The minimum Gasteiger partial charge on any atom is -0.409 e. The summed E-state index contributed by atoms with van der Waals surface area (Å²) in [7, 11) is 0. The lowest BCUT2D eigenvalue weighted by atomic mass is 10.1. The standard InChI is InChI=1S/C13H19N3O2/c14-13(15-17)8-12-10-16(6-7-18-12)9-11-4-2-1-3-5-11/h1-5,12,17H,6-10H2,(H2,14,15). The molecule has 5 nitrogen and oxygen atoms in total. The second-order valence-corrected chi connectivity index (χ2v) is 4.51. The van der Waals surface area contributed by atoms with Gasteiger partial charge in [0.1, 0.15) is 5.84 Å². The minimum atomic E-state index is 0.0124. The van der Waals surface area contributed by atoms with Crippen molar-refractivity contribution in [3.05, 3.63) is 35.9 Å². The van der Waals surface area contributed by atoms with Crippen molar-refractivity contribution in [2.75, 3.05) is 19.7 Å². The predicted octanol–water partition coefficient (Wildman–Crippen LogP) is 1.02. The van der Waals surface area contributed by atoms with E-state index in [1.807, 2.05) is 18.2 Å². The van der Waals surface area contributed by atoms with Crippen LogP contribution in [-0.4, -0.2) is 41.7 Å². The van der Waals surface area contributed by atoms with Gasteiger partial charge in [0, 0.05) is 26.1 Å². The van der Waals surface area contributed by atoms with Gasteiger partial charge in [0.05, 0.1) is 12.7 Å². The van der Waals surface area contributed by atoms with Crippen molar-refractivity contribution in [3.8, 4) is 0 Å². The molecule has 1 fully saturated rings. The number of amidine groups is 1. The predicted molar refractivity (Wildman–Crippen MR) is 69.5 cm³/mol. The van der Waals surface area contributed by atoms with Crippen LogP contribution in [0.2, 0.25) is 0 Å². The van der Waals surface area contributed by atoms with Crippen LogP contribution in [0.3, 0.4) is 0 Å². The summed E-state index contributed by atoms with van der Waals surface area (Å²) < 4.78 is 5.60.